The van der Waals surface area contributed by atoms with Crippen LogP contribution in [0.15, 0.2) is 84.3 Å². The molecule has 0 bridgehead atoms. The highest BCUT2D eigenvalue weighted by atomic mass is 14.9. The van der Waals surface area contributed by atoms with E-state index in [2.05, 4.69) is 57.5 Å². The van der Waals surface area contributed by atoms with Gasteiger partial charge in [-0.3, -0.25) is 0 Å². The Bertz CT molecular complexity index is 528. The molecule has 1 aliphatic heterocycles. The van der Waals surface area contributed by atoms with Crippen molar-refractivity contribution >= 4 is 0 Å². The Labute approximate surface area is 156 Å². The van der Waals surface area contributed by atoms with Crippen LogP contribution >= 0.6 is 0 Å². The molecule has 2 heteroatoms. The molecule has 0 saturated heterocycles. The van der Waals surface area contributed by atoms with Gasteiger partial charge in [-0.25, -0.2) is 0 Å². The molecule has 0 aromatic rings. The van der Waals surface area contributed by atoms with Crippen LogP contribution in [0, 0.1) is 5.92 Å². The second-order valence-electron chi connectivity index (χ2n) is 5.37. The zero-order valence-corrected chi connectivity index (χ0v) is 17.1. The molecule has 25 heavy (non-hydrogen) atoms. The molecule has 140 valence electrons. The van der Waals surface area contributed by atoms with Crippen LogP contribution < -0.4 is 11.1 Å². The molecule has 0 unspecified atom stereocenters. The summed E-state index contributed by atoms with van der Waals surface area (Å²) in [5.41, 5.74) is 9.95. The first kappa shape index (κ1) is 25.0. The fraction of sp³-hybridized carbons (Fsp3) is 0.391. The minimum atomic E-state index is 0.506. The van der Waals surface area contributed by atoms with Crippen molar-refractivity contribution in [1.82, 2.24) is 5.32 Å². The molecular formula is C23H38N2. The van der Waals surface area contributed by atoms with Crippen molar-refractivity contribution in [1.29, 1.82) is 0 Å². The van der Waals surface area contributed by atoms with Crippen LogP contribution in [0.5, 0.6) is 0 Å². The summed E-state index contributed by atoms with van der Waals surface area (Å²) in [4.78, 5) is 0. The van der Waals surface area contributed by atoms with Crippen molar-refractivity contribution in [3.05, 3.63) is 84.3 Å². The summed E-state index contributed by atoms with van der Waals surface area (Å²) in [5, 5.41) is 3.17. The van der Waals surface area contributed by atoms with E-state index in [1.54, 1.807) is 6.08 Å². The molecule has 0 aromatic heterocycles. The van der Waals surface area contributed by atoms with Crippen molar-refractivity contribution in [3.8, 4) is 0 Å². The lowest BCUT2D eigenvalue weighted by Crippen LogP contribution is -2.15. The quantitative estimate of drug-likeness (QED) is 0.641. The summed E-state index contributed by atoms with van der Waals surface area (Å²) in [6.45, 7) is 20.6. The number of allylic oxidation sites excluding steroid dienone is 8. The van der Waals surface area contributed by atoms with E-state index in [4.69, 9.17) is 5.73 Å². The lowest BCUT2D eigenvalue weighted by atomic mass is 10.1. The van der Waals surface area contributed by atoms with Crippen LogP contribution in [0.1, 0.15) is 48.0 Å². The van der Waals surface area contributed by atoms with Crippen molar-refractivity contribution in [2.45, 2.75) is 48.0 Å². The predicted octanol–water partition coefficient (Wildman–Crippen LogP) is 6.20. The fourth-order valence-corrected chi connectivity index (χ4v) is 2.05. The molecule has 2 aliphatic rings. The van der Waals surface area contributed by atoms with E-state index < -0.39 is 0 Å². The van der Waals surface area contributed by atoms with Crippen molar-refractivity contribution in [3.63, 3.8) is 0 Å². The minimum Gasteiger partial charge on any atom is -0.398 e. The summed E-state index contributed by atoms with van der Waals surface area (Å²) < 4.78 is 0. The van der Waals surface area contributed by atoms with Gasteiger partial charge < -0.3 is 11.1 Å². The lowest BCUT2D eigenvalue weighted by Gasteiger charge is -2.11. The number of nitrogens with one attached hydrogen (secondary N) is 1. The highest BCUT2D eigenvalue weighted by molar-refractivity contribution is 5.43. The van der Waals surface area contributed by atoms with E-state index in [1.807, 2.05) is 45.1 Å². The summed E-state index contributed by atoms with van der Waals surface area (Å²) in [5.74, 6) is 0.506. The second-order valence-corrected chi connectivity index (χ2v) is 5.37. The number of rotatable bonds is 3. The third-order valence-electron chi connectivity index (χ3n) is 3.01. The first-order chi connectivity index (χ1) is 12.0. The van der Waals surface area contributed by atoms with E-state index in [1.165, 1.54) is 6.42 Å². The van der Waals surface area contributed by atoms with Gasteiger partial charge in [-0.05, 0) is 30.1 Å². The van der Waals surface area contributed by atoms with Crippen LogP contribution in [0.3, 0.4) is 0 Å². The SMILES string of the molecule is C/C=C\C1=C[C@@H](C)C=C1N.C=CC1=C(C=C)NCC=C1.CC.CCC. The van der Waals surface area contributed by atoms with E-state index in [0.29, 0.717) is 5.92 Å². The topological polar surface area (TPSA) is 38.0 Å². The van der Waals surface area contributed by atoms with Crippen LogP contribution in [0.2, 0.25) is 0 Å². The smallest absolute Gasteiger partial charge is 0.0409 e. The Kier molecular flexibility index (Phi) is 16.6. The monoisotopic (exact) mass is 342 g/mol. The second kappa shape index (κ2) is 16.6. The Hall–Kier alpha value is -2.22. The summed E-state index contributed by atoms with van der Waals surface area (Å²) >= 11 is 0. The first-order valence-corrected chi connectivity index (χ1v) is 9.25. The molecule has 0 aromatic carbocycles. The Morgan fingerprint density at radius 1 is 1.20 bits per heavy atom. The highest BCUT2D eigenvalue weighted by Gasteiger charge is 2.07. The zero-order chi connectivity index (χ0) is 19.7. The average Bonchev–Trinajstić information content (AvgIpc) is 2.95. The first-order valence-electron chi connectivity index (χ1n) is 9.25. The van der Waals surface area contributed by atoms with Crippen LogP contribution in [-0.2, 0) is 0 Å². The van der Waals surface area contributed by atoms with Gasteiger partial charge in [0.15, 0.2) is 0 Å². The maximum absolute atomic E-state index is 5.70. The summed E-state index contributed by atoms with van der Waals surface area (Å²) in [7, 11) is 0. The van der Waals surface area contributed by atoms with Gasteiger partial charge >= 0.3 is 0 Å². The van der Waals surface area contributed by atoms with Gasteiger partial charge in [0, 0.05) is 17.9 Å². The maximum atomic E-state index is 5.70. The third-order valence-corrected chi connectivity index (χ3v) is 3.01. The summed E-state index contributed by atoms with van der Waals surface area (Å²) in [6.07, 6.45) is 17.2. The highest BCUT2D eigenvalue weighted by Crippen LogP contribution is 2.20. The van der Waals surface area contributed by atoms with Gasteiger partial charge in [-0.2, -0.15) is 0 Å². The zero-order valence-electron chi connectivity index (χ0n) is 17.1. The molecule has 1 heterocycles. The van der Waals surface area contributed by atoms with Gasteiger partial charge in [0.25, 0.3) is 0 Å². The standard InChI is InChI=1S/C9H13N.C9H11N.C3H8.C2H6/c1-3-4-8-5-7(2)6-9(8)10;1-3-8-6-5-7-10-9(8)4-2;1-3-2;1-2/h3-7H,10H2,1-2H3;3-6,10H,1-2,7H2;3H2,1-2H3;1-2H3/b4-3-;;;/t7-;;;/m1.../s1. The molecule has 1 aliphatic carbocycles. The van der Waals surface area contributed by atoms with Crippen molar-refractivity contribution in [2.24, 2.45) is 11.7 Å². The summed E-state index contributed by atoms with van der Waals surface area (Å²) in [6, 6.07) is 0. The van der Waals surface area contributed by atoms with Gasteiger partial charge in [0.1, 0.15) is 0 Å². The van der Waals surface area contributed by atoms with Crippen LogP contribution in [0.4, 0.5) is 0 Å². The van der Waals surface area contributed by atoms with Gasteiger partial charge in [0.05, 0.1) is 0 Å². The molecular weight excluding hydrogens is 304 g/mol. The van der Waals surface area contributed by atoms with Gasteiger partial charge in [-0.1, -0.05) is 96.7 Å². The Balaban J connectivity index is 0. The molecule has 0 saturated carbocycles. The molecule has 3 N–H and O–H groups in total. The molecule has 0 fully saturated rings. The fourth-order valence-electron chi connectivity index (χ4n) is 2.05. The molecule has 2 nitrogen and oxygen atoms in total. The Morgan fingerprint density at radius 3 is 2.16 bits per heavy atom. The molecule has 1 atom stereocenters. The van der Waals surface area contributed by atoms with E-state index in [0.717, 1.165) is 29.1 Å². The largest absolute Gasteiger partial charge is 0.398 e. The Morgan fingerprint density at radius 2 is 1.80 bits per heavy atom. The molecule has 0 radical (unpaired) electrons. The predicted molar refractivity (Wildman–Crippen MR) is 116 cm³/mol. The molecule has 2 rings (SSSR count). The minimum absolute atomic E-state index is 0.506. The van der Waals surface area contributed by atoms with Crippen molar-refractivity contribution in [2.75, 3.05) is 6.54 Å². The van der Waals surface area contributed by atoms with Crippen molar-refractivity contribution < 1.29 is 0 Å². The van der Waals surface area contributed by atoms with Crippen LogP contribution in [-0.4, -0.2) is 6.54 Å². The van der Waals surface area contributed by atoms with E-state index >= 15 is 0 Å². The number of dihydropyridines is 1. The van der Waals surface area contributed by atoms with E-state index in [-0.39, 0.29) is 0 Å². The van der Waals surface area contributed by atoms with E-state index in [9.17, 15) is 0 Å². The normalized spacial score (nSPS) is 17.6. The molecule has 0 amide bonds. The third kappa shape index (κ3) is 11.0. The van der Waals surface area contributed by atoms with Gasteiger partial charge in [0.2, 0.25) is 0 Å². The average molecular weight is 343 g/mol. The molecule has 0 spiro atoms. The number of hydrogen-bond donors (Lipinski definition) is 2. The maximum Gasteiger partial charge on any atom is 0.0409 e. The van der Waals surface area contributed by atoms with Gasteiger partial charge in [-0.15, -0.1) is 0 Å². The number of nitrogens with two attached hydrogens (primary N) is 1. The van der Waals surface area contributed by atoms with Crippen LogP contribution in [0.25, 0.3) is 0 Å². The number of hydrogen-bond acceptors (Lipinski definition) is 2. The lowest BCUT2D eigenvalue weighted by molar-refractivity contribution is 0.911.